The fourth-order valence-corrected chi connectivity index (χ4v) is 3.83. The monoisotopic (exact) mass is 441 g/mol. The molecule has 4 rings (SSSR count). The molecule has 1 N–H and O–H groups in total. The second-order valence-corrected chi connectivity index (χ2v) is 7.32. The third kappa shape index (κ3) is 3.94. The van der Waals surface area contributed by atoms with E-state index in [2.05, 4.69) is 21.0 Å². The van der Waals surface area contributed by atoms with Crippen LogP contribution in [0.15, 0.2) is 18.3 Å². The van der Waals surface area contributed by atoms with E-state index < -0.39 is 0 Å². The SMILES string of the molecule is COc1cc(Cl)c(-c2nc(OCCN3CCCC3=O)nc3[nH]cc(C#N)c23)cc1OC. The van der Waals surface area contributed by atoms with Crippen LogP contribution in [-0.2, 0) is 4.79 Å². The van der Waals surface area contributed by atoms with E-state index in [1.807, 2.05) is 0 Å². The molecule has 1 aliphatic rings. The minimum atomic E-state index is 0.117. The molecular formula is C21H20ClN5O4. The summed E-state index contributed by atoms with van der Waals surface area (Å²) in [7, 11) is 3.05. The minimum Gasteiger partial charge on any atom is -0.493 e. The first-order valence-electron chi connectivity index (χ1n) is 9.67. The molecular weight excluding hydrogens is 422 g/mol. The number of nitrogens with zero attached hydrogens (tertiary/aromatic N) is 4. The summed E-state index contributed by atoms with van der Waals surface area (Å²) in [4.78, 5) is 25.4. The average Bonchev–Trinajstić information content (AvgIpc) is 3.38. The molecule has 1 aromatic carbocycles. The van der Waals surface area contributed by atoms with Crippen LogP contribution in [0.25, 0.3) is 22.3 Å². The number of methoxy groups -OCH3 is 2. The Morgan fingerprint density at radius 3 is 2.71 bits per heavy atom. The predicted octanol–water partition coefficient (Wildman–Crippen LogP) is 3.17. The van der Waals surface area contributed by atoms with Crippen molar-refractivity contribution in [2.75, 3.05) is 33.9 Å². The average molecular weight is 442 g/mol. The number of aromatic amines is 1. The van der Waals surface area contributed by atoms with Gasteiger partial charge in [-0.15, -0.1) is 0 Å². The number of carbonyl (C=O) groups is 1. The van der Waals surface area contributed by atoms with Gasteiger partial charge in [0.1, 0.15) is 18.3 Å². The molecule has 0 unspecified atom stereocenters. The molecule has 2 aromatic heterocycles. The van der Waals surface area contributed by atoms with Crippen LogP contribution in [0.2, 0.25) is 5.02 Å². The van der Waals surface area contributed by atoms with E-state index in [-0.39, 0.29) is 18.5 Å². The summed E-state index contributed by atoms with van der Waals surface area (Å²) in [5.41, 5.74) is 1.80. The van der Waals surface area contributed by atoms with Gasteiger partial charge in [0.15, 0.2) is 11.5 Å². The Balaban J connectivity index is 1.74. The van der Waals surface area contributed by atoms with Crippen molar-refractivity contribution < 1.29 is 19.0 Å². The van der Waals surface area contributed by atoms with Gasteiger partial charge >= 0.3 is 6.01 Å². The Kier molecular flexibility index (Phi) is 5.82. The first kappa shape index (κ1) is 20.8. The van der Waals surface area contributed by atoms with Crippen LogP contribution < -0.4 is 14.2 Å². The van der Waals surface area contributed by atoms with Gasteiger partial charge in [-0.25, -0.2) is 0 Å². The zero-order valence-electron chi connectivity index (χ0n) is 17.1. The first-order chi connectivity index (χ1) is 15.0. The van der Waals surface area contributed by atoms with Gasteiger partial charge in [0.05, 0.1) is 42.4 Å². The number of H-pyrrole nitrogens is 1. The Morgan fingerprint density at radius 1 is 1.26 bits per heavy atom. The molecule has 0 saturated carbocycles. The van der Waals surface area contributed by atoms with Crippen LogP contribution >= 0.6 is 11.6 Å². The van der Waals surface area contributed by atoms with E-state index in [0.29, 0.717) is 57.3 Å². The maximum atomic E-state index is 11.8. The zero-order chi connectivity index (χ0) is 22.0. The lowest BCUT2D eigenvalue weighted by Gasteiger charge is -2.16. The van der Waals surface area contributed by atoms with E-state index >= 15 is 0 Å². The van der Waals surface area contributed by atoms with Crippen LogP contribution in [-0.4, -0.2) is 59.7 Å². The molecule has 0 radical (unpaired) electrons. The van der Waals surface area contributed by atoms with Gasteiger partial charge in [0.25, 0.3) is 0 Å². The van der Waals surface area contributed by atoms with Gasteiger partial charge < -0.3 is 24.1 Å². The molecule has 3 heterocycles. The van der Waals surface area contributed by atoms with Gasteiger partial charge in [-0.05, 0) is 12.5 Å². The molecule has 10 heteroatoms. The van der Waals surface area contributed by atoms with Crippen LogP contribution in [0.4, 0.5) is 0 Å². The number of hydrogen-bond acceptors (Lipinski definition) is 7. The van der Waals surface area contributed by atoms with Crippen molar-refractivity contribution in [3.63, 3.8) is 0 Å². The number of ether oxygens (including phenoxy) is 3. The standard InChI is InChI=1S/C21H20ClN5O4/c1-29-15-8-13(14(22)9-16(15)30-2)19-18-12(10-23)11-24-20(18)26-21(25-19)31-7-6-27-5-3-4-17(27)28/h8-9,11H,3-7H2,1-2H3,(H,24,25,26). The summed E-state index contributed by atoms with van der Waals surface area (Å²) in [6.07, 6.45) is 3.00. The lowest BCUT2D eigenvalue weighted by atomic mass is 10.1. The van der Waals surface area contributed by atoms with Crippen LogP contribution in [0.1, 0.15) is 18.4 Å². The number of benzene rings is 1. The van der Waals surface area contributed by atoms with Crippen molar-refractivity contribution in [1.82, 2.24) is 19.9 Å². The molecule has 1 fully saturated rings. The summed E-state index contributed by atoms with van der Waals surface area (Å²) in [6.45, 7) is 1.44. The number of rotatable bonds is 7. The van der Waals surface area contributed by atoms with Gasteiger partial charge in [0, 0.05) is 30.8 Å². The van der Waals surface area contributed by atoms with E-state index in [4.69, 9.17) is 25.8 Å². The predicted molar refractivity (Wildman–Crippen MR) is 113 cm³/mol. The summed E-state index contributed by atoms with van der Waals surface area (Å²) in [5.74, 6) is 1.07. The van der Waals surface area contributed by atoms with Crippen molar-refractivity contribution in [3.05, 3.63) is 28.9 Å². The number of aromatic nitrogens is 3. The van der Waals surface area contributed by atoms with Crippen molar-refractivity contribution >= 4 is 28.5 Å². The summed E-state index contributed by atoms with van der Waals surface area (Å²) < 4.78 is 16.5. The molecule has 0 aliphatic carbocycles. The number of amides is 1. The second-order valence-electron chi connectivity index (χ2n) is 6.91. The first-order valence-corrected chi connectivity index (χ1v) is 10.0. The Bertz CT molecular complexity index is 1190. The van der Waals surface area contributed by atoms with Gasteiger partial charge in [-0.1, -0.05) is 11.6 Å². The highest BCUT2D eigenvalue weighted by Gasteiger charge is 2.22. The number of nitrogens with one attached hydrogen (secondary N) is 1. The summed E-state index contributed by atoms with van der Waals surface area (Å²) in [5, 5.41) is 10.4. The number of carbonyl (C=O) groups excluding carboxylic acids is 1. The van der Waals surface area contributed by atoms with E-state index in [1.165, 1.54) is 14.2 Å². The molecule has 0 spiro atoms. The quantitative estimate of drug-likeness (QED) is 0.599. The van der Waals surface area contributed by atoms with Gasteiger partial charge in [-0.2, -0.15) is 15.2 Å². The molecule has 160 valence electrons. The second kappa shape index (κ2) is 8.70. The van der Waals surface area contributed by atoms with Crippen molar-refractivity contribution in [2.24, 2.45) is 0 Å². The van der Waals surface area contributed by atoms with E-state index in [0.717, 1.165) is 13.0 Å². The Labute approximate surface area is 183 Å². The van der Waals surface area contributed by atoms with Crippen LogP contribution in [0.5, 0.6) is 17.5 Å². The van der Waals surface area contributed by atoms with Gasteiger partial charge in [-0.3, -0.25) is 4.79 Å². The lowest BCUT2D eigenvalue weighted by molar-refractivity contribution is -0.128. The third-order valence-corrected chi connectivity index (χ3v) is 5.44. The molecule has 9 nitrogen and oxygen atoms in total. The number of halogens is 1. The molecule has 3 aromatic rings. The normalized spacial score (nSPS) is 13.5. The van der Waals surface area contributed by atoms with Crippen LogP contribution in [0, 0.1) is 11.3 Å². The highest BCUT2D eigenvalue weighted by Crippen LogP contribution is 2.40. The van der Waals surface area contributed by atoms with Crippen molar-refractivity contribution in [1.29, 1.82) is 5.26 Å². The molecule has 1 amide bonds. The number of nitriles is 1. The van der Waals surface area contributed by atoms with E-state index in [1.54, 1.807) is 23.2 Å². The number of hydrogen-bond donors (Lipinski definition) is 1. The number of likely N-dealkylation sites (tertiary alicyclic amines) is 1. The maximum absolute atomic E-state index is 11.8. The van der Waals surface area contributed by atoms with E-state index in [9.17, 15) is 10.1 Å². The van der Waals surface area contributed by atoms with Gasteiger partial charge in [0.2, 0.25) is 5.91 Å². The fourth-order valence-electron chi connectivity index (χ4n) is 3.58. The maximum Gasteiger partial charge on any atom is 0.319 e. The highest BCUT2D eigenvalue weighted by molar-refractivity contribution is 6.34. The molecule has 0 bridgehead atoms. The fraction of sp³-hybridized carbons (Fsp3) is 0.333. The Morgan fingerprint density at radius 2 is 2.03 bits per heavy atom. The lowest BCUT2D eigenvalue weighted by Crippen LogP contribution is -2.29. The summed E-state index contributed by atoms with van der Waals surface area (Å²) in [6, 6.07) is 5.58. The number of fused-ring (bicyclic) bond motifs is 1. The highest BCUT2D eigenvalue weighted by atomic mass is 35.5. The van der Waals surface area contributed by atoms with Crippen LogP contribution in [0.3, 0.4) is 0 Å². The molecule has 1 saturated heterocycles. The zero-order valence-corrected chi connectivity index (χ0v) is 17.8. The summed E-state index contributed by atoms with van der Waals surface area (Å²) >= 11 is 6.52. The van der Waals surface area contributed by atoms with Crippen molar-refractivity contribution in [3.8, 4) is 34.8 Å². The molecule has 0 atom stereocenters. The molecule has 31 heavy (non-hydrogen) atoms. The molecule has 1 aliphatic heterocycles. The topological polar surface area (TPSA) is 113 Å². The van der Waals surface area contributed by atoms with Crippen molar-refractivity contribution in [2.45, 2.75) is 12.8 Å². The minimum absolute atomic E-state index is 0.117. The third-order valence-electron chi connectivity index (χ3n) is 5.12. The largest absolute Gasteiger partial charge is 0.493 e. The smallest absolute Gasteiger partial charge is 0.319 e. The Hall–Kier alpha value is -3.51.